The van der Waals surface area contributed by atoms with Gasteiger partial charge in [0.25, 0.3) is 0 Å². The normalized spacial score (nSPS) is 15.2. The molecule has 3 rings (SSSR count). The molecule has 17 amide bonds. The molecule has 1 aromatic heterocycles. The molecule has 0 unspecified atom stereocenters. The number of aliphatic hydroxyl groups excluding tert-OH is 2. The highest BCUT2D eigenvalue weighted by atomic mass is 16.4. The average molecular weight is 1630 g/mol. The number of nitrogens with zero attached hydrogens (tertiary/aromatic N) is 1. The van der Waals surface area contributed by atoms with E-state index in [0.717, 1.165) is 4.90 Å². The number of primary amides is 5. The molecule has 1 saturated heterocycles. The Balaban J connectivity index is 1.89. The minimum atomic E-state index is -2.27. The Hall–Kier alpha value is -12.7. The minimum Gasteiger partial charge on any atom is -0.481 e. The van der Waals surface area contributed by atoms with Crippen LogP contribution in [-0.2, 0) is 97.5 Å². The number of fused-ring (bicyclic) bond motifs is 1. The quantitative estimate of drug-likeness (QED) is 0.00961. The van der Waals surface area contributed by atoms with Gasteiger partial charge in [0.05, 0.1) is 44.1 Å². The van der Waals surface area contributed by atoms with E-state index in [9.17, 15) is 116 Å². The van der Waals surface area contributed by atoms with E-state index >= 15 is 0 Å². The van der Waals surface area contributed by atoms with Crippen molar-refractivity contribution in [3.05, 3.63) is 39.7 Å². The fraction of sp³-hybridized carbons (Fsp3) is 0.574. The van der Waals surface area contributed by atoms with Gasteiger partial charge in [-0.1, -0.05) is 13.8 Å². The van der Waals surface area contributed by atoms with Gasteiger partial charge >= 0.3 is 17.6 Å². The molecular formula is C68H104N22O25. The topological polar surface area (TPSA) is 815 Å². The monoisotopic (exact) mass is 1630 g/mol. The summed E-state index contributed by atoms with van der Waals surface area (Å²) in [4.78, 5) is 265. The summed E-state index contributed by atoms with van der Waals surface area (Å²) in [5, 5.41) is 76.0. The molecule has 33 N–H and O–H groups in total. The summed E-state index contributed by atoms with van der Waals surface area (Å²) in [6.07, 6.45) is -8.23. The van der Waals surface area contributed by atoms with Crippen LogP contribution in [0.2, 0.25) is 0 Å². The first kappa shape index (κ1) is 96.5. The van der Waals surface area contributed by atoms with Crippen LogP contribution in [0.5, 0.6) is 0 Å². The predicted octanol–water partition coefficient (Wildman–Crippen LogP) is -10.9. The summed E-state index contributed by atoms with van der Waals surface area (Å²) in [6, 6.07) is -16.9. The van der Waals surface area contributed by atoms with Crippen LogP contribution in [0.4, 0.5) is 5.69 Å². The summed E-state index contributed by atoms with van der Waals surface area (Å²) >= 11 is 0. The summed E-state index contributed by atoms with van der Waals surface area (Å²) in [7, 11) is 0. The summed E-state index contributed by atoms with van der Waals surface area (Å²) in [5.74, 6) is -23.8. The van der Waals surface area contributed by atoms with Crippen molar-refractivity contribution < 1.29 is 116 Å². The molecule has 12 atom stereocenters. The second-order valence-electron chi connectivity index (χ2n) is 27.3. The zero-order chi connectivity index (χ0) is 86.7. The van der Waals surface area contributed by atoms with E-state index in [0.29, 0.717) is 16.6 Å². The van der Waals surface area contributed by atoms with Gasteiger partial charge in [-0.2, -0.15) is 0 Å². The van der Waals surface area contributed by atoms with Gasteiger partial charge < -0.3 is 139 Å². The number of hydrogen-bond acceptors (Lipinski definition) is 26. The number of carbonyl (C=O) groups is 19. The molecule has 0 aliphatic carbocycles. The second kappa shape index (κ2) is 47.6. The van der Waals surface area contributed by atoms with Gasteiger partial charge in [0.1, 0.15) is 72.0 Å². The third-order valence-electron chi connectivity index (χ3n) is 17.9. The fourth-order valence-electron chi connectivity index (χ4n) is 11.6. The number of aliphatic hydroxyl groups is 2. The van der Waals surface area contributed by atoms with Gasteiger partial charge in [-0.05, 0) is 101 Å². The number of carboxylic acids is 2. The van der Waals surface area contributed by atoms with Gasteiger partial charge in [0.2, 0.25) is 100 Å². The van der Waals surface area contributed by atoms with Crippen molar-refractivity contribution >= 4 is 135 Å². The van der Waals surface area contributed by atoms with E-state index in [4.69, 9.17) is 55.7 Å². The Morgan fingerprint density at radius 1 is 0.522 bits per heavy atom. The molecule has 0 radical (unpaired) electrons. The summed E-state index contributed by atoms with van der Waals surface area (Å²) < 4.78 is 5.37. The number of guanidine groups is 1. The van der Waals surface area contributed by atoms with E-state index in [-0.39, 0.29) is 88.6 Å². The number of anilines is 1. The largest absolute Gasteiger partial charge is 0.481 e. The van der Waals surface area contributed by atoms with E-state index in [2.05, 4.69) is 58.5 Å². The lowest BCUT2D eigenvalue weighted by molar-refractivity contribution is -0.144. The highest BCUT2D eigenvalue weighted by Crippen LogP contribution is 2.23. The standard InChI is InChI=1S/C68H104N22O25/c1-30(2)54(55(75)102)89-65(112)45-10-7-23-90(45)66(113)42(26-50(74)96)86-61(108)40(16-20-52(98)99)82-62(109)41(27-53(100)101)85-60(107)39(15-19-49(73)95)84-64(111)44(29-92)88-58(105)37(9-6-22-79-68(76)77)81-59(106)38(14-18-48(72)94)83-63(110)43(28-91)87-57(104)36(80-56(103)35(70)13-17-47(71)93)8-4-5-21-78-51(97)25-34-31(3)33-12-11-32(69)24-46(33)115-67(34)114/h11-12,24,30,35-45,54,91-92H,4-10,13-23,25-29,69-70H2,1-3H3,(H2,71,93)(H2,72,94)(H2,73,95)(H2,74,96)(H2,75,102)(H,78,97)(H,80,103)(H,81,106)(H,82,109)(H,83,110)(H,84,111)(H,85,107)(H,86,108)(H,87,104)(H,88,105)(H,89,112)(H,98,99)(H,100,101)(H4,76,77,79)/t35-,36-,37-,38-,39-,40-,41-,42-,43-,44-,45-,54-/m0/s1. The molecule has 1 aliphatic heterocycles. The van der Waals surface area contributed by atoms with Gasteiger partial charge in [-0.3, -0.25) is 96.5 Å². The number of unbranched alkanes of at least 4 members (excludes halogenated alkanes) is 1. The van der Waals surface area contributed by atoms with Crippen molar-refractivity contribution in [1.82, 2.24) is 68.7 Å². The van der Waals surface area contributed by atoms with Gasteiger partial charge in [-0.25, -0.2) is 4.79 Å². The van der Waals surface area contributed by atoms with Crippen molar-refractivity contribution in [3.63, 3.8) is 0 Å². The minimum absolute atomic E-state index is 0.0301. The number of aryl methyl sites for hydroxylation is 1. The molecule has 115 heavy (non-hydrogen) atoms. The van der Waals surface area contributed by atoms with Crippen molar-refractivity contribution in [2.24, 2.45) is 46.1 Å². The summed E-state index contributed by atoms with van der Waals surface area (Å²) in [5.41, 5.74) is 44.4. The third-order valence-corrected chi connectivity index (χ3v) is 17.9. The number of nitrogens with one attached hydrogen (secondary N) is 13. The molecule has 47 heteroatoms. The van der Waals surface area contributed by atoms with Crippen molar-refractivity contribution in [1.29, 1.82) is 5.41 Å². The highest BCUT2D eigenvalue weighted by Gasteiger charge is 2.42. The maximum atomic E-state index is 14.3. The number of rotatable bonds is 52. The number of benzene rings is 1. The lowest BCUT2D eigenvalue weighted by atomic mass is 10.0. The Morgan fingerprint density at radius 3 is 1.42 bits per heavy atom. The van der Waals surface area contributed by atoms with Crippen molar-refractivity contribution in [2.45, 2.75) is 209 Å². The number of aliphatic carboxylic acids is 2. The molecule has 1 aromatic carbocycles. The SMILES string of the molecule is Cc1c(CC(=O)NCCCC[C@H](NC(=O)[C@@H](N)CCC(N)=O)C(=O)N[C@@H](CO)C(=O)N[C@@H](CCC(N)=O)C(=O)N[C@@H](CCCNC(=N)N)C(=O)N[C@@H](CO)C(=O)N[C@@H](CCC(N)=O)C(=O)N[C@@H](CC(=O)O)C(=O)N[C@@H](CCC(=O)O)C(=O)N[C@@H](CC(N)=O)C(=O)N2CCC[C@H]2C(=O)N[C@H](C(N)=O)C(C)C)c(=O)oc2cc(N)ccc12. The van der Waals surface area contributed by atoms with Crippen molar-refractivity contribution in [3.8, 4) is 0 Å². The molecule has 0 bridgehead atoms. The van der Waals surface area contributed by atoms with Crippen LogP contribution in [0.25, 0.3) is 11.0 Å². The molecule has 1 fully saturated rings. The molecular weight excluding hydrogens is 1520 g/mol. The van der Waals surface area contributed by atoms with E-state index in [1.54, 1.807) is 32.9 Å². The molecule has 636 valence electrons. The number of carboxylic acid groups (broad SMARTS) is 2. The van der Waals surface area contributed by atoms with Gasteiger partial charge in [0, 0.05) is 62.5 Å². The lowest BCUT2D eigenvalue weighted by Gasteiger charge is -2.30. The Kier molecular flexibility index (Phi) is 40.0. The Labute approximate surface area is 656 Å². The second-order valence-corrected chi connectivity index (χ2v) is 27.3. The number of hydrogen-bond donors (Lipinski definition) is 25. The predicted molar refractivity (Wildman–Crippen MR) is 400 cm³/mol. The molecule has 0 saturated carbocycles. The smallest absolute Gasteiger partial charge is 0.340 e. The fourth-order valence-corrected chi connectivity index (χ4v) is 11.6. The first-order valence-corrected chi connectivity index (χ1v) is 36.3. The number of amides is 17. The van der Waals surface area contributed by atoms with Crippen LogP contribution in [-0.4, -0.2) is 249 Å². The number of carbonyl (C=O) groups excluding carboxylic acids is 17. The third kappa shape index (κ3) is 33.3. The molecule has 2 aromatic rings. The maximum Gasteiger partial charge on any atom is 0.340 e. The van der Waals surface area contributed by atoms with Gasteiger partial charge in [0.15, 0.2) is 5.96 Å². The number of likely N-dealkylation sites (tertiary alicyclic amines) is 1. The molecule has 47 nitrogen and oxygen atoms in total. The molecule has 2 heterocycles. The number of nitrogens with two attached hydrogens (primary N) is 8. The average Bonchev–Trinajstić information content (AvgIpc) is 1.43. The van der Waals surface area contributed by atoms with Crippen LogP contribution in [0, 0.1) is 18.3 Å². The molecule has 1 aliphatic rings. The van der Waals surface area contributed by atoms with Crippen LogP contribution >= 0.6 is 0 Å². The van der Waals surface area contributed by atoms with E-state index in [1.807, 2.05) is 5.32 Å². The molecule has 0 spiro atoms. The van der Waals surface area contributed by atoms with Gasteiger partial charge in [-0.15, -0.1) is 0 Å². The Morgan fingerprint density at radius 2 is 0.957 bits per heavy atom. The zero-order valence-electron chi connectivity index (χ0n) is 63.4. The number of nitrogen functional groups attached to an aromatic ring is 1. The van der Waals surface area contributed by atoms with Crippen LogP contribution in [0.3, 0.4) is 0 Å². The van der Waals surface area contributed by atoms with Crippen molar-refractivity contribution in [2.75, 3.05) is 38.6 Å². The van der Waals surface area contributed by atoms with Crippen LogP contribution in [0.15, 0.2) is 27.4 Å². The van der Waals surface area contributed by atoms with E-state index in [1.165, 1.54) is 6.07 Å². The highest BCUT2D eigenvalue weighted by molar-refractivity contribution is 6.01. The maximum absolute atomic E-state index is 14.3. The van der Waals surface area contributed by atoms with E-state index < -0.39 is 273 Å². The first-order valence-electron chi connectivity index (χ1n) is 36.3. The lowest BCUT2D eigenvalue weighted by Crippen LogP contribution is -2.61. The first-order chi connectivity index (χ1) is 54.0. The Bertz CT molecular complexity index is 3990. The van der Waals surface area contributed by atoms with Crippen LogP contribution in [0.1, 0.15) is 134 Å². The zero-order valence-corrected chi connectivity index (χ0v) is 63.4. The summed E-state index contributed by atoms with van der Waals surface area (Å²) in [6.45, 7) is 1.92. The van der Waals surface area contributed by atoms with Crippen LogP contribution < -0.4 is 115 Å².